The molecule has 0 amide bonds. The van der Waals surface area contributed by atoms with Crippen LogP contribution in [0.5, 0.6) is 11.5 Å². The van der Waals surface area contributed by atoms with Crippen molar-refractivity contribution in [3.8, 4) is 11.5 Å². The van der Waals surface area contributed by atoms with E-state index in [1.54, 1.807) is 14.2 Å². The van der Waals surface area contributed by atoms with Crippen molar-refractivity contribution in [1.82, 2.24) is 0 Å². The number of halogens is 1. The quantitative estimate of drug-likeness (QED) is 0.772. The lowest BCUT2D eigenvalue weighted by atomic mass is 9.71. The van der Waals surface area contributed by atoms with E-state index in [-0.39, 0.29) is 5.41 Å². The van der Waals surface area contributed by atoms with Gasteiger partial charge in [-0.15, -0.1) is 0 Å². The summed E-state index contributed by atoms with van der Waals surface area (Å²) in [6.45, 7) is 0. The lowest BCUT2D eigenvalue weighted by molar-refractivity contribution is 0.322. The van der Waals surface area contributed by atoms with Gasteiger partial charge in [-0.3, -0.25) is 0 Å². The summed E-state index contributed by atoms with van der Waals surface area (Å²) in [5.41, 5.74) is 1.65. The van der Waals surface area contributed by atoms with Gasteiger partial charge >= 0.3 is 0 Å². The molecule has 2 nitrogen and oxygen atoms in total. The van der Waals surface area contributed by atoms with Crippen molar-refractivity contribution < 1.29 is 9.47 Å². The highest BCUT2D eigenvalue weighted by Crippen LogP contribution is 2.43. The number of alkyl halides is 1. The van der Waals surface area contributed by atoms with Gasteiger partial charge in [-0.1, -0.05) is 41.3 Å². The highest BCUT2D eigenvalue weighted by molar-refractivity contribution is 9.09. The van der Waals surface area contributed by atoms with Gasteiger partial charge in [0.05, 0.1) is 14.2 Å². The number of methoxy groups -OCH3 is 2. The van der Waals surface area contributed by atoms with Gasteiger partial charge in [0.15, 0.2) is 11.5 Å². The van der Waals surface area contributed by atoms with E-state index < -0.39 is 0 Å². The Kier molecular flexibility index (Phi) is 4.55. The van der Waals surface area contributed by atoms with Gasteiger partial charge in [-0.05, 0) is 30.5 Å². The number of hydrogen-bond donors (Lipinski definition) is 0. The van der Waals surface area contributed by atoms with Gasteiger partial charge in [0, 0.05) is 10.7 Å². The molecule has 0 atom stereocenters. The molecule has 0 spiro atoms. The minimum absolute atomic E-state index is 0.276. The van der Waals surface area contributed by atoms with Gasteiger partial charge in [0.25, 0.3) is 0 Å². The van der Waals surface area contributed by atoms with Crippen LogP contribution >= 0.6 is 15.9 Å². The van der Waals surface area contributed by atoms with Crippen molar-refractivity contribution in [2.24, 2.45) is 0 Å². The maximum Gasteiger partial charge on any atom is 0.161 e. The predicted octanol–water partition coefficient (Wildman–Crippen LogP) is 4.30. The Morgan fingerprint density at radius 2 is 1.72 bits per heavy atom. The van der Waals surface area contributed by atoms with Gasteiger partial charge in [0.2, 0.25) is 0 Å². The molecule has 0 heterocycles. The first-order valence-electron chi connectivity index (χ1n) is 6.54. The van der Waals surface area contributed by atoms with E-state index in [1.807, 2.05) is 6.07 Å². The summed E-state index contributed by atoms with van der Waals surface area (Å²) in [7, 11) is 3.38. The lowest BCUT2D eigenvalue weighted by Crippen LogP contribution is -2.30. The molecule has 0 aliphatic heterocycles. The Hall–Kier alpha value is -0.700. The topological polar surface area (TPSA) is 18.5 Å². The van der Waals surface area contributed by atoms with E-state index in [1.165, 1.54) is 37.7 Å². The van der Waals surface area contributed by atoms with Crippen molar-refractivity contribution in [2.45, 2.75) is 37.5 Å². The number of rotatable bonds is 4. The Balaban J connectivity index is 2.36. The van der Waals surface area contributed by atoms with E-state index in [0.29, 0.717) is 0 Å². The van der Waals surface area contributed by atoms with Gasteiger partial charge < -0.3 is 9.47 Å². The fourth-order valence-corrected chi connectivity index (χ4v) is 3.78. The van der Waals surface area contributed by atoms with Crippen LogP contribution in [0.25, 0.3) is 0 Å². The zero-order valence-corrected chi connectivity index (χ0v) is 12.8. The molecule has 0 bridgehead atoms. The molecule has 2 rings (SSSR count). The largest absolute Gasteiger partial charge is 0.493 e. The van der Waals surface area contributed by atoms with Crippen LogP contribution in [0.15, 0.2) is 18.2 Å². The van der Waals surface area contributed by atoms with Crippen LogP contribution in [0.2, 0.25) is 0 Å². The minimum Gasteiger partial charge on any atom is -0.493 e. The lowest BCUT2D eigenvalue weighted by Gasteiger charge is -2.36. The zero-order chi connectivity index (χ0) is 13.0. The molecule has 0 saturated heterocycles. The van der Waals surface area contributed by atoms with Gasteiger partial charge in [-0.2, -0.15) is 0 Å². The second kappa shape index (κ2) is 5.96. The Labute approximate surface area is 118 Å². The highest BCUT2D eigenvalue weighted by Gasteiger charge is 2.33. The van der Waals surface area contributed by atoms with Crippen LogP contribution in [0, 0.1) is 0 Å². The van der Waals surface area contributed by atoms with Crippen LogP contribution in [0.4, 0.5) is 0 Å². The normalized spacial score (nSPS) is 18.4. The van der Waals surface area contributed by atoms with E-state index in [9.17, 15) is 0 Å². The van der Waals surface area contributed by atoms with Crippen LogP contribution < -0.4 is 9.47 Å². The number of ether oxygens (including phenoxy) is 2. The average Bonchev–Trinajstić information content (AvgIpc) is 2.47. The molecule has 3 heteroatoms. The summed E-state index contributed by atoms with van der Waals surface area (Å²) in [6, 6.07) is 6.35. The maximum absolute atomic E-state index is 5.42. The third-order valence-corrected chi connectivity index (χ3v) is 5.14. The molecule has 1 aromatic carbocycles. The van der Waals surface area contributed by atoms with Crippen molar-refractivity contribution in [3.63, 3.8) is 0 Å². The molecular formula is C15H21BrO2. The molecule has 1 aliphatic rings. The summed E-state index contributed by atoms with van der Waals surface area (Å²) in [5, 5.41) is 1.02. The summed E-state index contributed by atoms with van der Waals surface area (Å²) in [6.07, 6.45) is 6.52. The summed E-state index contributed by atoms with van der Waals surface area (Å²) < 4.78 is 10.7. The first-order chi connectivity index (χ1) is 8.75. The maximum atomic E-state index is 5.42. The summed E-state index contributed by atoms with van der Waals surface area (Å²) in [5.74, 6) is 1.64. The van der Waals surface area contributed by atoms with E-state index in [0.717, 1.165) is 16.8 Å². The summed E-state index contributed by atoms with van der Waals surface area (Å²) in [4.78, 5) is 0. The third-order valence-electron chi connectivity index (χ3n) is 4.06. The third kappa shape index (κ3) is 2.51. The molecule has 0 aromatic heterocycles. The molecule has 1 aromatic rings. The van der Waals surface area contributed by atoms with E-state index in [2.05, 4.69) is 28.1 Å². The minimum atomic E-state index is 0.276. The second-order valence-corrected chi connectivity index (χ2v) is 5.61. The fourth-order valence-electron chi connectivity index (χ4n) is 2.89. The SMILES string of the molecule is COc1ccc(C2(CBr)CCCCC2)cc1OC. The van der Waals surface area contributed by atoms with Crippen LogP contribution in [-0.4, -0.2) is 19.5 Å². The standard InChI is InChI=1S/C15H21BrO2/c1-17-13-7-6-12(10-14(13)18-2)15(11-16)8-4-3-5-9-15/h6-7,10H,3-5,8-9,11H2,1-2H3. The molecule has 1 saturated carbocycles. The van der Waals surface area contributed by atoms with Crippen LogP contribution in [0.1, 0.15) is 37.7 Å². The van der Waals surface area contributed by atoms with Crippen molar-refractivity contribution in [1.29, 1.82) is 0 Å². The Bertz CT molecular complexity index is 397. The average molecular weight is 313 g/mol. The highest BCUT2D eigenvalue weighted by atomic mass is 79.9. The second-order valence-electron chi connectivity index (χ2n) is 5.04. The van der Waals surface area contributed by atoms with E-state index >= 15 is 0 Å². The molecule has 1 aliphatic carbocycles. The first kappa shape index (κ1) is 13.7. The number of benzene rings is 1. The predicted molar refractivity (Wildman–Crippen MR) is 78.1 cm³/mol. The molecule has 1 fully saturated rings. The first-order valence-corrected chi connectivity index (χ1v) is 7.66. The molecule has 0 radical (unpaired) electrons. The van der Waals surface area contributed by atoms with Crippen LogP contribution in [-0.2, 0) is 5.41 Å². The Morgan fingerprint density at radius 3 is 2.28 bits per heavy atom. The van der Waals surface area contributed by atoms with Crippen molar-refractivity contribution >= 4 is 15.9 Å². The molecule has 0 N–H and O–H groups in total. The molecule has 0 unspecified atom stereocenters. The molecule has 100 valence electrons. The molecular weight excluding hydrogens is 292 g/mol. The summed E-state index contributed by atoms with van der Waals surface area (Å²) >= 11 is 3.71. The van der Waals surface area contributed by atoms with E-state index in [4.69, 9.17) is 9.47 Å². The zero-order valence-electron chi connectivity index (χ0n) is 11.2. The van der Waals surface area contributed by atoms with Gasteiger partial charge in [-0.25, -0.2) is 0 Å². The monoisotopic (exact) mass is 312 g/mol. The van der Waals surface area contributed by atoms with Crippen LogP contribution in [0.3, 0.4) is 0 Å². The fraction of sp³-hybridized carbons (Fsp3) is 0.600. The van der Waals surface area contributed by atoms with Gasteiger partial charge in [0.1, 0.15) is 0 Å². The number of hydrogen-bond acceptors (Lipinski definition) is 2. The molecule has 18 heavy (non-hydrogen) atoms. The smallest absolute Gasteiger partial charge is 0.161 e. The van der Waals surface area contributed by atoms with Crippen molar-refractivity contribution in [2.75, 3.05) is 19.5 Å². The Morgan fingerprint density at radius 1 is 1.06 bits per heavy atom. The van der Waals surface area contributed by atoms with Crippen molar-refractivity contribution in [3.05, 3.63) is 23.8 Å².